The van der Waals surface area contributed by atoms with Gasteiger partial charge < -0.3 is 5.32 Å². The molecule has 1 aromatic rings. The van der Waals surface area contributed by atoms with Crippen molar-refractivity contribution >= 4 is 0 Å². The van der Waals surface area contributed by atoms with E-state index >= 15 is 0 Å². The average Bonchev–Trinajstić information content (AvgIpc) is 2.22. The number of hydrogen-bond acceptors (Lipinski definition) is 1. The maximum absolute atomic E-state index is 13.0. The van der Waals surface area contributed by atoms with Gasteiger partial charge in [0.1, 0.15) is 5.82 Å². The number of hydrogen-bond donors (Lipinski definition) is 1. The molecule has 0 bridgehead atoms. The summed E-state index contributed by atoms with van der Waals surface area (Å²) in [6.45, 7) is 5.73. The van der Waals surface area contributed by atoms with Gasteiger partial charge in [0.2, 0.25) is 0 Å². The molecule has 0 spiro atoms. The Morgan fingerprint density at radius 1 is 1.53 bits per heavy atom. The number of halogens is 1. The lowest BCUT2D eigenvalue weighted by Gasteiger charge is -2.15. The van der Waals surface area contributed by atoms with Crippen molar-refractivity contribution in [3.05, 3.63) is 47.8 Å². The van der Waals surface area contributed by atoms with Crippen molar-refractivity contribution in [1.29, 1.82) is 0 Å². The van der Waals surface area contributed by atoms with E-state index in [9.17, 15) is 4.39 Å². The molecule has 0 amide bonds. The van der Waals surface area contributed by atoms with Gasteiger partial charge in [-0.25, -0.2) is 4.39 Å². The molecule has 0 saturated carbocycles. The molecule has 0 radical (unpaired) electrons. The average molecular weight is 207 g/mol. The quantitative estimate of drug-likeness (QED) is 0.732. The summed E-state index contributed by atoms with van der Waals surface area (Å²) in [6, 6.07) is 5.28. The van der Waals surface area contributed by atoms with Crippen molar-refractivity contribution in [3.8, 4) is 0 Å². The summed E-state index contributed by atoms with van der Waals surface area (Å²) in [5.41, 5.74) is 2.21. The summed E-state index contributed by atoms with van der Waals surface area (Å²) in [7, 11) is 1.92. The van der Waals surface area contributed by atoms with E-state index in [0.29, 0.717) is 6.04 Å². The predicted molar refractivity (Wildman–Crippen MR) is 62.5 cm³/mol. The molecule has 15 heavy (non-hydrogen) atoms. The second-order valence-corrected chi connectivity index (χ2v) is 3.78. The second kappa shape index (κ2) is 5.66. The standard InChI is InChI=1S/C13H18FN/c1-4-5-13(15-3)9-11-8-12(14)7-6-10(11)2/h4,6-8,13,15H,1,5,9H2,2-3H3. The molecule has 0 saturated heterocycles. The van der Waals surface area contributed by atoms with Crippen LogP contribution in [0.1, 0.15) is 17.5 Å². The molecule has 0 aliphatic carbocycles. The topological polar surface area (TPSA) is 12.0 Å². The van der Waals surface area contributed by atoms with Gasteiger partial charge in [-0.1, -0.05) is 12.1 Å². The molecule has 1 nitrogen and oxygen atoms in total. The van der Waals surface area contributed by atoms with Crippen LogP contribution >= 0.6 is 0 Å². The molecule has 1 rings (SSSR count). The minimum absolute atomic E-state index is 0.163. The fraction of sp³-hybridized carbons (Fsp3) is 0.385. The zero-order valence-corrected chi connectivity index (χ0v) is 9.39. The van der Waals surface area contributed by atoms with Crippen molar-refractivity contribution in [2.24, 2.45) is 0 Å². The molecule has 82 valence electrons. The van der Waals surface area contributed by atoms with Crippen LogP contribution in [-0.2, 0) is 6.42 Å². The highest BCUT2D eigenvalue weighted by molar-refractivity contribution is 5.27. The Hall–Kier alpha value is -1.15. The number of nitrogens with one attached hydrogen (secondary N) is 1. The Labute approximate surface area is 91.0 Å². The van der Waals surface area contributed by atoms with Gasteiger partial charge in [-0.05, 0) is 50.1 Å². The molecular weight excluding hydrogens is 189 g/mol. The van der Waals surface area contributed by atoms with Crippen LogP contribution in [0.3, 0.4) is 0 Å². The minimum Gasteiger partial charge on any atom is -0.316 e. The van der Waals surface area contributed by atoms with Crippen LogP contribution in [0.5, 0.6) is 0 Å². The van der Waals surface area contributed by atoms with Crippen molar-refractivity contribution < 1.29 is 4.39 Å². The third kappa shape index (κ3) is 3.48. The molecule has 1 unspecified atom stereocenters. The normalized spacial score (nSPS) is 12.5. The second-order valence-electron chi connectivity index (χ2n) is 3.78. The fourth-order valence-corrected chi connectivity index (χ4v) is 1.63. The van der Waals surface area contributed by atoms with Crippen molar-refractivity contribution in [1.82, 2.24) is 5.32 Å². The Bertz CT molecular complexity index is 333. The van der Waals surface area contributed by atoms with Crippen molar-refractivity contribution in [3.63, 3.8) is 0 Å². The third-order valence-corrected chi connectivity index (χ3v) is 2.64. The van der Waals surface area contributed by atoms with Crippen molar-refractivity contribution in [2.45, 2.75) is 25.8 Å². The first kappa shape index (κ1) is 11.9. The molecule has 1 N–H and O–H groups in total. The minimum atomic E-state index is -0.163. The maximum atomic E-state index is 13.0. The fourth-order valence-electron chi connectivity index (χ4n) is 1.63. The zero-order chi connectivity index (χ0) is 11.3. The highest BCUT2D eigenvalue weighted by Crippen LogP contribution is 2.13. The van der Waals surface area contributed by atoms with E-state index in [2.05, 4.69) is 11.9 Å². The first-order chi connectivity index (χ1) is 7.17. The summed E-state index contributed by atoms with van der Waals surface area (Å²) < 4.78 is 13.0. The number of aryl methyl sites for hydroxylation is 1. The number of rotatable bonds is 5. The predicted octanol–water partition coefficient (Wildman–Crippen LogP) is 2.84. The van der Waals surface area contributed by atoms with E-state index in [-0.39, 0.29) is 5.82 Å². The molecule has 0 heterocycles. The van der Waals surface area contributed by atoms with Crippen LogP contribution in [0.25, 0.3) is 0 Å². The van der Waals surface area contributed by atoms with Crippen LogP contribution in [-0.4, -0.2) is 13.1 Å². The maximum Gasteiger partial charge on any atom is 0.123 e. The highest BCUT2D eigenvalue weighted by Gasteiger charge is 2.07. The third-order valence-electron chi connectivity index (χ3n) is 2.64. The van der Waals surface area contributed by atoms with E-state index in [1.165, 1.54) is 6.07 Å². The molecular formula is C13H18FN. The summed E-state index contributed by atoms with van der Waals surface area (Å²) in [5, 5.41) is 3.20. The first-order valence-corrected chi connectivity index (χ1v) is 5.20. The van der Waals surface area contributed by atoms with E-state index in [1.807, 2.05) is 26.1 Å². The van der Waals surface area contributed by atoms with E-state index in [0.717, 1.165) is 24.0 Å². The SMILES string of the molecule is C=CCC(Cc1cc(F)ccc1C)NC. The van der Waals surface area contributed by atoms with Gasteiger partial charge in [0.05, 0.1) is 0 Å². The van der Waals surface area contributed by atoms with E-state index < -0.39 is 0 Å². The summed E-state index contributed by atoms with van der Waals surface area (Å²) in [6.07, 6.45) is 3.62. The van der Waals surface area contributed by atoms with Crippen LogP contribution < -0.4 is 5.32 Å². The lowest BCUT2D eigenvalue weighted by atomic mass is 9.99. The molecule has 1 atom stereocenters. The first-order valence-electron chi connectivity index (χ1n) is 5.20. The van der Waals surface area contributed by atoms with Gasteiger partial charge in [0, 0.05) is 6.04 Å². The molecule has 0 aliphatic rings. The van der Waals surface area contributed by atoms with Gasteiger partial charge in [-0.2, -0.15) is 0 Å². The highest BCUT2D eigenvalue weighted by atomic mass is 19.1. The molecule has 0 aromatic heterocycles. The van der Waals surface area contributed by atoms with Gasteiger partial charge in [0.15, 0.2) is 0 Å². The number of benzene rings is 1. The lowest BCUT2D eigenvalue weighted by Crippen LogP contribution is -2.27. The Kier molecular flexibility index (Phi) is 4.50. The van der Waals surface area contributed by atoms with Gasteiger partial charge in [0.25, 0.3) is 0 Å². The van der Waals surface area contributed by atoms with Crippen LogP contribution in [0.4, 0.5) is 4.39 Å². The van der Waals surface area contributed by atoms with Crippen LogP contribution in [0.15, 0.2) is 30.9 Å². The van der Waals surface area contributed by atoms with Gasteiger partial charge >= 0.3 is 0 Å². The van der Waals surface area contributed by atoms with E-state index in [4.69, 9.17) is 0 Å². The Morgan fingerprint density at radius 3 is 2.87 bits per heavy atom. The molecule has 1 aromatic carbocycles. The van der Waals surface area contributed by atoms with Crippen LogP contribution in [0, 0.1) is 12.7 Å². The van der Waals surface area contributed by atoms with Gasteiger partial charge in [-0.15, -0.1) is 6.58 Å². The van der Waals surface area contributed by atoms with Crippen molar-refractivity contribution in [2.75, 3.05) is 7.05 Å². The largest absolute Gasteiger partial charge is 0.316 e. The summed E-state index contributed by atoms with van der Waals surface area (Å²) >= 11 is 0. The Morgan fingerprint density at radius 2 is 2.27 bits per heavy atom. The molecule has 0 fully saturated rings. The summed E-state index contributed by atoms with van der Waals surface area (Å²) in [5.74, 6) is -0.163. The van der Waals surface area contributed by atoms with Crippen LogP contribution in [0.2, 0.25) is 0 Å². The monoisotopic (exact) mass is 207 g/mol. The Balaban J connectivity index is 2.77. The molecule has 0 aliphatic heterocycles. The lowest BCUT2D eigenvalue weighted by molar-refractivity contribution is 0.560. The van der Waals surface area contributed by atoms with E-state index in [1.54, 1.807) is 6.07 Å². The number of likely N-dealkylation sites (N-methyl/N-ethyl adjacent to an activating group) is 1. The molecule has 2 heteroatoms. The van der Waals surface area contributed by atoms with Gasteiger partial charge in [-0.3, -0.25) is 0 Å². The summed E-state index contributed by atoms with van der Waals surface area (Å²) in [4.78, 5) is 0. The zero-order valence-electron chi connectivity index (χ0n) is 9.39. The smallest absolute Gasteiger partial charge is 0.123 e.